The van der Waals surface area contributed by atoms with Crippen molar-refractivity contribution in [3.05, 3.63) is 47.7 Å². The summed E-state index contributed by atoms with van der Waals surface area (Å²) in [6.07, 6.45) is 1.86. The Labute approximate surface area is 88.3 Å². The molecule has 1 aliphatic heterocycles. The van der Waals surface area contributed by atoms with Crippen molar-refractivity contribution in [1.82, 2.24) is 0 Å². The quantitative estimate of drug-likeness (QED) is 0.421. The first-order chi connectivity index (χ1) is 7.31. The number of hydrogen-bond donors (Lipinski definition) is 0. The Balaban J connectivity index is 2.16. The van der Waals surface area contributed by atoms with Crippen molar-refractivity contribution in [3.63, 3.8) is 0 Å². The van der Waals surface area contributed by atoms with Gasteiger partial charge in [-0.2, -0.15) is 0 Å². The Kier molecular flexibility index (Phi) is 2.72. The van der Waals surface area contributed by atoms with Crippen LogP contribution in [0, 0.1) is 0 Å². The molecule has 1 unspecified atom stereocenters. The van der Waals surface area contributed by atoms with Crippen LogP contribution in [0.5, 0.6) is 0 Å². The minimum Gasteiger partial charge on any atom is -0.504 e. The van der Waals surface area contributed by atoms with Crippen molar-refractivity contribution in [1.29, 1.82) is 0 Å². The van der Waals surface area contributed by atoms with Gasteiger partial charge in [0.1, 0.15) is 6.10 Å². The number of rotatable bonds is 2. The molecule has 0 spiro atoms. The minimum absolute atomic E-state index is 0.167. The highest BCUT2D eigenvalue weighted by molar-refractivity contribution is 5.90. The average molecular weight is 204 g/mol. The molecule has 0 aromatic heterocycles. The van der Waals surface area contributed by atoms with E-state index < -0.39 is 0 Å². The van der Waals surface area contributed by atoms with E-state index in [0.717, 1.165) is 5.56 Å². The van der Waals surface area contributed by atoms with Crippen LogP contribution in [0.3, 0.4) is 0 Å². The molecule has 1 atom stereocenters. The number of methoxy groups -OCH3 is 1. The van der Waals surface area contributed by atoms with Crippen LogP contribution in [-0.4, -0.2) is 13.1 Å². The van der Waals surface area contributed by atoms with Gasteiger partial charge >= 0.3 is 5.97 Å². The number of esters is 1. The summed E-state index contributed by atoms with van der Waals surface area (Å²) in [5.41, 5.74) is 1.61. The molecule has 1 aromatic rings. The Morgan fingerprint density at radius 1 is 1.40 bits per heavy atom. The molecule has 0 aliphatic carbocycles. The largest absolute Gasteiger partial charge is 0.504 e. The van der Waals surface area contributed by atoms with Crippen LogP contribution in [0.1, 0.15) is 18.1 Å². The predicted octanol–water partition coefficient (Wildman–Crippen LogP) is 2.20. The first kappa shape index (κ1) is 9.77. The zero-order valence-corrected chi connectivity index (χ0v) is 8.47. The fourth-order valence-corrected chi connectivity index (χ4v) is 1.62. The monoisotopic (exact) mass is 204 g/mol. The maximum Gasteiger partial charge on any atom is 0.337 e. The molecule has 0 N–H and O–H groups in total. The summed E-state index contributed by atoms with van der Waals surface area (Å²) >= 11 is 0. The smallest absolute Gasteiger partial charge is 0.337 e. The Hall–Kier alpha value is -1.77. The maximum absolute atomic E-state index is 11.4. The molecule has 1 aromatic carbocycles. The van der Waals surface area contributed by atoms with Crippen LogP contribution < -0.4 is 0 Å². The van der Waals surface area contributed by atoms with Gasteiger partial charge in [-0.15, -0.1) is 0 Å². The second kappa shape index (κ2) is 4.17. The van der Waals surface area contributed by atoms with E-state index in [9.17, 15) is 4.79 Å². The number of carbonyl (C=O) groups is 1. The molecule has 1 fully saturated rings. The predicted molar refractivity (Wildman–Crippen MR) is 55.0 cm³/mol. The zero-order chi connectivity index (χ0) is 10.7. The number of cyclic esters (lactones) is 1. The molecular weight excluding hydrogens is 192 g/mol. The van der Waals surface area contributed by atoms with Gasteiger partial charge in [-0.25, -0.2) is 4.79 Å². The maximum atomic E-state index is 11.4. The average Bonchev–Trinajstić information content (AvgIpc) is 2.63. The summed E-state index contributed by atoms with van der Waals surface area (Å²) in [6.45, 7) is 0. The van der Waals surface area contributed by atoms with Gasteiger partial charge in [0.05, 0.1) is 18.9 Å². The van der Waals surface area contributed by atoms with Crippen LogP contribution in [0.4, 0.5) is 0 Å². The molecule has 3 heteroatoms. The fraction of sp³-hybridized carbons (Fsp3) is 0.250. The first-order valence-electron chi connectivity index (χ1n) is 4.79. The summed E-state index contributed by atoms with van der Waals surface area (Å²) in [5, 5.41) is 0. The topological polar surface area (TPSA) is 35.5 Å². The standard InChI is InChI=1S/C12H12O3/c1-14-8-10-7-11(15-12(10)13)9-5-3-2-4-6-9/h2-6,8,11H,7H2,1H3/b10-8-. The molecule has 1 heterocycles. The molecule has 3 nitrogen and oxygen atoms in total. The van der Waals surface area contributed by atoms with Gasteiger partial charge in [0.15, 0.2) is 0 Å². The van der Waals surface area contributed by atoms with Crippen LogP contribution in [-0.2, 0) is 14.3 Å². The van der Waals surface area contributed by atoms with Crippen molar-refractivity contribution in [2.45, 2.75) is 12.5 Å². The Bertz CT molecular complexity index is 381. The van der Waals surface area contributed by atoms with E-state index >= 15 is 0 Å². The molecule has 15 heavy (non-hydrogen) atoms. The van der Waals surface area contributed by atoms with E-state index in [2.05, 4.69) is 0 Å². The lowest BCUT2D eigenvalue weighted by Gasteiger charge is -2.07. The lowest BCUT2D eigenvalue weighted by atomic mass is 10.1. The zero-order valence-electron chi connectivity index (χ0n) is 8.47. The minimum atomic E-state index is -0.286. The second-order valence-corrected chi connectivity index (χ2v) is 3.39. The van der Waals surface area contributed by atoms with E-state index in [0.29, 0.717) is 12.0 Å². The molecule has 78 valence electrons. The molecule has 0 bridgehead atoms. The van der Waals surface area contributed by atoms with Crippen molar-refractivity contribution in [3.8, 4) is 0 Å². The first-order valence-corrected chi connectivity index (χ1v) is 4.79. The summed E-state index contributed by atoms with van der Waals surface area (Å²) in [6, 6.07) is 9.70. The van der Waals surface area contributed by atoms with E-state index in [1.807, 2.05) is 30.3 Å². The van der Waals surface area contributed by atoms with Gasteiger partial charge in [-0.3, -0.25) is 0 Å². The molecule has 1 aliphatic rings. The fourth-order valence-electron chi connectivity index (χ4n) is 1.62. The second-order valence-electron chi connectivity index (χ2n) is 3.39. The van der Waals surface area contributed by atoms with Crippen LogP contribution in [0.25, 0.3) is 0 Å². The summed E-state index contributed by atoms with van der Waals surface area (Å²) < 4.78 is 10.0. The molecule has 0 saturated carbocycles. The number of carbonyl (C=O) groups excluding carboxylic acids is 1. The Morgan fingerprint density at radius 2 is 2.13 bits per heavy atom. The van der Waals surface area contributed by atoms with Gasteiger partial charge in [0.25, 0.3) is 0 Å². The van der Waals surface area contributed by atoms with Crippen molar-refractivity contribution in [2.24, 2.45) is 0 Å². The number of benzene rings is 1. The van der Waals surface area contributed by atoms with Gasteiger partial charge in [0, 0.05) is 6.42 Å². The summed E-state index contributed by atoms with van der Waals surface area (Å²) in [5.74, 6) is -0.286. The SMILES string of the molecule is CO/C=C1/CC(c2ccccc2)OC1=O. The van der Waals surface area contributed by atoms with Crippen molar-refractivity contribution >= 4 is 5.97 Å². The highest BCUT2D eigenvalue weighted by Gasteiger charge is 2.30. The van der Waals surface area contributed by atoms with Gasteiger partial charge in [-0.05, 0) is 5.56 Å². The van der Waals surface area contributed by atoms with Gasteiger partial charge in [-0.1, -0.05) is 30.3 Å². The molecular formula is C12H12O3. The summed E-state index contributed by atoms with van der Waals surface area (Å²) in [4.78, 5) is 11.4. The van der Waals surface area contributed by atoms with E-state index in [1.165, 1.54) is 13.4 Å². The molecule has 1 saturated heterocycles. The van der Waals surface area contributed by atoms with E-state index in [4.69, 9.17) is 9.47 Å². The molecule has 0 radical (unpaired) electrons. The van der Waals surface area contributed by atoms with Crippen molar-refractivity contribution < 1.29 is 14.3 Å². The third-order valence-corrected chi connectivity index (χ3v) is 2.35. The van der Waals surface area contributed by atoms with Crippen LogP contribution >= 0.6 is 0 Å². The normalized spacial score (nSPS) is 22.9. The number of ether oxygens (including phenoxy) is 2. The third kappa shape index (κ3) is 2.01. The Morgan fingerprint density at radius 3 is 2.80 bits per heavy atom. The highest BCUT2D eigenvalue weighted by atomic mass is 16.6. The lowest BCUT2D eigenvalue weighted by Crippen LogP contribution is -1.98. The van der Waals surface area contributed by atoms with Crippen LogP contribution in [0.2, 0.25) is 0 Å². The van der Waals surface area contributed by atoms with E-state index in [1.54, 1.807) is 0 Å². The lowest BCUT2D eigenvalue weighted by molar-refractivity contribution is -0.139. The van der Waals surface area contributed by atoms with Crippen LogP contribution in [0.15, 0.2) is 42.2 Å². The third-order valence-electron chi connectivity index (χ3n) is 2.35. The van der Waals surface area contributed by atoms with Gasteiger partial charge < -0.3 is 9.47 Å². The molecule has 2 rings (SSSR count). The molecule has 0 amide bonds. The number of hydrogen-bond acceptors (Lipinski definition) is 3. The van der Waals surface area contributed by atoms with E-state index in [-0.39, 0.29) is 12.1 Å². The summed E-state index contributed by atoms with van der Waals surface area (Å²) in [7, 11) is 1.52. The van der Waals surface area contributed by atoms with Crippen molar-refractivity contribution in [2.75, 3.05) is 7.11 Å². The van der Waals surface area contributed by atoms with Gasteiger partial charge in [0.2, 0.25) is 0 Å². The highest BCUT2D eigenvalue weighted by Crippen LogP contribution is 2.32.